The molecule has 2 N–H and O–H groups in total. The van der Waals surface area contributed by atoms with Gasteiger partial charge in [0.15, 0.2) is 0 Å². The molecular formula is C26H27N5O2. The molecule has 2 aliphatic heterocycles. The molecule has 1 amide bonds. The van der Waals surface area contributed by atoms with Crippen molar-refractivity contribution in [2.75, 3.05) is 43.5 Å². The van der Waals surface area contributed by atoms with Gasteiger partial charge in [0.05, 0.1) is 6.61 Å². The summed E-state index contributed by atoms with van der Waals surface area (Å²) in [6, 6.07) is 11.6. The summed E-state index contributed by atoms with van der Waals surface area (Å²) in [7, 11) is 1.97. The average molecular weight is 442 g/mol. The van der Waals surface area contributed by atoms with E-state index in [0.717, 1.165) is 65.9 Å². The molecule has 33 heavy (non-hydrogen) atoms. The molecule has 0 spiro atoms. The zero-order valence-electron chi connectivity index (χ0n) is 18.7. The third-order valence-electron chi connectivity index (χ3n) is 6.30. The topological polar surface area (TPSA) is 81.6 Å². The lowest BCUT2D eigenvalue weighted by atomic mass is 9.98. The zero-order chi connectivity index (χ0) is 22.8. The van der Waals surface area contributed by atoms with Crippen LogP contribution in [0.1, 0.15) is 28.8 Å². The van der Waals surface area contributed by atoms with Crippen LogP contribution < -0.4 is 10.2 Å². The number of aromatic nitrogens is 2. The number of pyridine rings is 2. The van der Waals surface area contributed by atoms with Gasteiger partial charge in [0.25, 0.3) is 5.91 Å². The maximum absolute atomic E-state index is 12.9. The van der Waals surface area contributed by atoms with Gasteiger partial charge < -0.3 is 20.2 Å². The number of allylic oxidation sites excluding steroid dienone is 2. The minimum atomic E-state index is -0.206. The number of hydrogen-bond donors (Lipinski definition) is 2. The fraction of sp³-hybridized carbons (Fsp3) is 0.269. The SMILES string of the molecule is CN1CC=CC(c2ccc3cnc(NC(=O)c4ccnc(N5CCCC5)c4)cc3c2)=C1CO. The van der Waals surface area contributed by atoms with Gasteiger partial charge in [-0.25, -0.2) is 9.97 Å². The minimum Gasteiger partial charge on any atom is -0.390 e. The molecule has 168 valence electrons. The Hall–Kier alpha value is -3.71. The first-order valence-electron chi connectivity index (χ1n) is 11.3. The highest BCUT2D eigenvalue weighted by molar-refractivity contribution is 6.05. The van der Waals surface area contributed by atoms with E-state index in [1.807, 2.05) is 36.2 Å². The van der Waals surface area contributed by atoms with Crippen LogP contribution >= 0.6 is 0 Å². The van der Waals surface area contributed by atoms with Gasteiger partial charge in [-0.1, -0.05) is 24.3 Å². The fourth-order valence-corrected chi connectivity index (χ4v) is 4.45. The quantitative estimate of drug-likeness (QED) is 0.629. The van der Waals surface area contributed by atoms with Gasteiger partial charge in [0.1, 0.15) is 11.6 Å². The molecule has 2 aromatic heterocycles. The number of nitrogens with one attached hydrogen (secondary N) is 1. The van der Waals surface area contributed by atoms with Crippen LogP contribution in [0.25, 0.3) is 16.3 Å². The largest absolute Gasteiger partial charge is 0.390 e. The number of aliphatic hydroxyl groups is 1. The number of carbonyl (C=O) groups excluding carboxylic acids is 1. The lowest BCUT2D eigenvalue weighted by Gasteiger charge is -2.26. The van der Waals surface area contributed by atoms with Gasteiger partial charge in [0, 0.05) is 61.3 Å². The Labute approximate surface area is 193 Å². The van der Waals surface area contributed by atoms with E-state index in [4.69, 9.17) is 0 Å². The predicted molar refractivity (Wildman–Crippen MR) is 131 cm³/mol. The number of amides is 1. The van der Waals surface area contributed by atoms with Crippen molar-refractivity contribution in [3.8, 4) is 0 Å². The molecule has 0 atom stereocenters. The summed E-state index contributed by atoms with van der Waals surface area (Å²) in [6.45, 7) is 2.72. The van der Waals surface area contributed by atoms with Crippen LogP contribution in [0.3, 0.4) is 0 Å². The number of hydrogen-bond acceptors (Lipinski definition) is 6. The van der Waals surface area contributed by atoms with Crippen molar-refractivity contribution < 1.29 is 9.90 Å². The minimum absolute atomic E-state index is 0.0167. The highest BCUT2D eigenvalue weighted by atomic mass is 16.3. The van der Waals surface area contributed by atoms with Crippen molar-refractivity contribution in [2.24, 2.45) is 0 Å². The van der Waals surface area contributed by atoms with Gasteiger partial charge in [0.2, 0.25) is 0 Å². The molecule has 4 heterocycles. The van der Waals surface area contributed by atoms with Crippen molar-refractivity contribution >= 4 is 33.9 Å². The van der Waals surface area contributed by atoms with Gasteiger partial charge in [-0.2, -0.15) is 0 Å². The predicted octanol–water partition coefficient (Wildman–Crippen LogP) is 3.69. The summed E-state index contributed by atoms with van der Waals surface area (Å²) in [5.74, 6) is 1.13. The highest BCUT2D eigenvalue weighted by Gasteiger charge is 2.17. The van der Waals surface area contributed by atoms with E-state index in [1.165, 1.54) is 0 Å². The molecule has 1 fully saturated rings. The Kier molecular flexibility index (Phi) is 5.79. The molecule has 2 aliphatic rings. The summed E-state index contributed by atoms with van der Waals surface area (Å²) in [5, 5.41) is 14.7. The van der Waals surface area contributed by atoms with E-state index in [0.29, 0.717) is 11.4 Å². The third kappa shape index (κ3) is 4.32. The zero-order valence-corrected chi connectivity index (χ0v) is 18.7. The Morgan fingerprint density at radius 3 is 2.76 bits per heavy atom. The van der Waals surface area contributed by atoms with Crippen molar-refractivity contribution in [1.82, 2.24) is 14.9 Å². The van der Waals surface area contributed by atoms with E-state index in [9.17, 15) is 9.90 Å². The number of nitrogens with zero attached hydrogens (tertiary/aromatic N) is 4. The first kappa shape index (κ1) is 21.2. The summed E-state index contributed by atoms with van der Waals surface area (Å²) >= 11 is 0. The smallest absolute Gasteiger partial charge is 0.257 e. The second-order valence-electron chi connectivity index (χ2n) is 8.48. The number of likely N-dealkylation sites (N-methyl/N-ethyl adjacent to an activating group) is 1. The number of aliphatic hydroxyl groups excluding tert-OH is 1. The number of carbonyl (C=O) groups is 1. The normalized spacial score (nSPS) is 16.1. The van der Waals surface area contributed by atoms with Gasteiger partial charge in [-0.05, 0) is 48.1 Å². The number of rotatable bonds is 5. The first-order chi connectivity index (χ1) is 16.1. The molecule has 1 aromatic carbocycles. The van der Waals surface area contributed by atoms with Gasteiger partial charge in [-0.15, -0.1) is 0 Å². The first-order valence-corrected chi connectivity index (χ1v) is 11.3. The van der Waals surface area contributed by atoms with Crippen molar-refractivity contribution in [2.45, 2.75) is 12.8 Å². The average Bonchev–Trinajstić information content (AvgIpc) is 3.39. The van der Waals surface area contributed by atoms with Crippen LogP contribution in [0.5, 0.6) is 0 Å². The maximum Gasteiger partial charge on any atom is 0.257 e. The standard InChI is InChI=1S/C26H27N5O2/c1-30-10-4-5-22(23(30)17-32)18-6-7-20-16-28-24(14-21(20)13-18)29-26(33)19-8-9-27-25(15-19)31-11-2-3-12-31/h4-9,13-16,32H,2-3,10-12,17H2,1H3,(H,28,29,33). The van der Waals surface area contributed by atoms with E-state index >= 15 is 0 Å². The second kappa shape index (κ2) is 9.03. The van der Waals surface area contributed by atoms with Crippen LogP contribution in [0.4, 0.5) is 11.6 Å². The van der Waals surface area contributed by atoms with Crippen LogP contribution in [0.15, 0.2) is 66.6 Å². The molecular weight excluding hydrogens is 414 g/mol. The molecule has 0 radical (unpaired) electrons. The van der Waals surface area contributed by atoms with Crippen molar-refractivity contribution in [3.05, 3.63) is 77.8 Å². The number of fused-ring (bicyclic) bond motifs is 1. The molecule has 7 heteroatoms. The van der Waals surface area contributed by atoms with Crippen LogP contribution in [-0.4, -0.2) is 59.2 Å². The Balaban J connectivity index is 1.41. The van der Waals surface area contributed by atoms with Crippen LogP contribution in [0, 0.1) is 0 Å². The van der Waals surface area contributed by atoms with E-state index < -0.39 is 0 Å². The van der Waals surface area contributed by atoms with Gasteiger partial charge in [-0.3, -0.25) is 4.79 Å². The molecule has 0 unspecified atom stereocenters. The van der Waals surface area contributed by atoms with Gasteiger partial charge >= 0.3 is 0 Å². The third-order valence-corrected chi connectivity index (χ3v) is 6.30. The monoisotopic (exact) mass is 441 g/mol. The van der Waals surface area contributed by atoms with Crippen LogP contribution in [0.2, 0.25) is 0 Å². The van der Waals surface area contributed by atoms with Crippen molar-refractivity contribution in [3.63, 3.8) is 0 Å². The van der Waals surface area contributed by atoms with Crippen molar-refractivity contribution in [1.29, 1.82) is 0 Å². The molecule has 5 rings (SSSR count). The lowest BCUT2D eigenvalue weighted by molar-refractivity contribution is 0.102. The Morgan fingerprint density at radius 2 is 1.94 bits per heavy atom. The summed E-state index contributed by atoms with van der Waals surface area (Å²) in [4.78, 5) is 26.0. The maximum atomic E-state index is 12.9. The van der Waals surface area contributed by atoms with E-state index in [2.05, 4.69) is 38.4 Å². The molecule has 0 bridgehead atoms. The summed E-state index contributed by atoms with van der Waals surface area (Å²) < 4.78 is 0. The second-order valence-corrected chi connectivity index (χ2v) is 8.48. The van der Waals surface area contributed by atoms with E-state index in [1.54, 1.807) is 18.5 Å². The summed E-state index contributed by atoms with van der Waals surface area (Å²) in [5.41, 5.74) is 3.48. The number of benzene rings is 1. The summed E-state index contributed by atoms with van der Waals surface area (Å²) in [6.07, 6.45) is 9.90. The molecule has 3 aromatic rings. The Bertz CT molecular complexity index is 1260. The molecule has 7 nitrogen and oxygen atoms in total. The lowest BCUT2D eigenvalue weighted by Crippen LogP contribution is -2.23. The van der Waals surface area contributed by atoms with Crippen LogP contribution in [-0.2, 0) is 0 Å². The number of anilines is 2. The molecule has 0 saturated carbocycles. The molecule has 1 saturated heterocycles. The Morgan fingerprint density at radius 1 is 1.09 bits per heavy atom. The highest BCUT2D eigenvalue weighted by Crippen LogP contribution is 2.28. The fourth-order valence-electron chi connectivity index (χ4n) is 4.45. The van der Waals surface area contributed by atoms with E-state index in [-0.39, 0.29) is 12.5 Å². The molecule has 0 aliphatic carbocycles.